The van der Waals surface area contributed by atoms with Gasteiger partial charge in [-0.2, -0.15) is 0 Å². The lowest BCUT2D eigenvalue weighted by atomic mass is 10.3. The van der Waals surface area contributed by atoms with Crippen molar-refractivity contribution >= 4 is 20.0 Å². The Morgan fingerprint density at radius 2 is 1.62 bits per heavy atom. The van der Waals surface area contributed by atoms with Gasteiger partial charge in [0.25, 0.3) is 0 Å². The molecule has 0 atom stereocenters. The first-order valence-electron chi connectivity index (χ1n) is 5.17. The molecule has 0 radical (unpaired) electrons. The number of hydrogen-bond acceptors (Lipinski definition) is 4. The first-order chi connectivity index (χ1) is 7.31. The maximum Gasteiger partial charge on any atom is 0.330 e. The summed E-state index contributed by atoms with van der Waals surface area (Å²) in [6.45, 7) is 6.37. The Kier molecular flexibility index (Phi) is 6.03. The summed E-state index contributed by atoms with van der Waals surface area (Å²) in [7, 11) is 1.12. The van der Waals surface area contributed by atoms with Gasteiger partial charge in [0.15, 0.2) is 0 Å². The zero-order chi connectivity index (χ0) is 12.8. The van der Waals surface area contributed by atoms with E-state index in [4.69, 9.17) is 0 Å². The van der Waals surface area contributed by atoms with Crippen LogP contribution in [0.15, 0.2) is 11.3 Å². The number of methoxy groups -OCH3 is 2. The number of allylic oxidation sites excluding steroid dienone is 1. The topological polar surface area (TPSA) is 52.6 Å². The molecule has 92 valence electrons. The van der Waals surface area contributed by atoms with Gasteiger partial charge in [0.05, 0.1) is 22.3 Å². The van der Waals surface area contributed by atoms with Gasteiger partial charge < -0.3 is 9.47 Å². The molecule has 0 amide bonds. The molecule has 0 unspecified atom stereocenters. The predicted octanol–water partition coefficient (Wildman–Crippen LogP) is 1.92. The van der Waals surface area contributed by atoms with E-state index in [0.717, 1.165) is 5.20 Å². The standard InChI is InChI=1S/C11H20O4Si/c1-14-10(12)7-6-9(16(3,4)5)8-11(13)15-2/h8H,6-7H2,1-5H3/b9-8-. The molecule has 0 aromatic carbocycles. The number of carbonyl (C=O) groups is 2. The molecule has 0 saturated heterocycles. The highest BCUT2D eigenvalue weighted by Gasteiger charge is 2.21. The second-order valence-electron chi connectivity index (χ2n) is 4.52. The van der Waals surface area contributed by atoms with Crippen molar-refractivity contribution in [3.63, 3.8) is 0 Å². The molecule has 0 fully saturated rings. The maximum atomic E-state index is 11.2. The van der Waals surface area contributed by atoms with Crippen molar-refractivity contribution in [2.24, 2.45) is 0 Å². The molecule has 16 heavy (non-hydrogen) atoms. The number of esters is 2. The monoisotopic (exact) mass is 244 g/mol. The zero-order valence-electron chi connectivity index (χ0n) is 10.6. The number of carbonyl (C=O) groups excluding carboxylic acids is 2. The van der Waals surface area contributed by atoms with Crippen LogP contribution in [-0.4, -0.2) is 34.2 Å². The predicted molar refractivity (Wildman–Crippen MR) is 64.7 cm³/mol. The van der Waals surface area contributed by atoms with E-state index in [0.29, 0.717) is 12.8 Å². The van der Waals surface area contributed by atoms with Gasteiger partial charge in [-0.15, -0.1) is 0 Å². The van der Waals surface area contributed by atoms with E-state index in [2.05, 4.69) is 29.1 Å². The van der Waals surface area contributed by atoms with Gasteiger partial charge in [0, 0.05) is 12.5 Å². The molecule has 4 nitrogen and oxygen atoms in total. The van der Waals surface area contributed by atoms with E-state index in [1.165, 1.54) is 20.3 Å². The van der Waals surface area contributed by atoms with Crippen molar-refractivity contribution in [1.82, 2.24) is 0 Å². The Bertz CT molecular complexity index is 289. The Hall–Kier alpha value is -1.10. The summed E-state index contributed by atoms with van der Waals surface area (Å²) in [5.74, 6) is -0.615. The summed E-state index contributed by atoms with van der Waals surface area (Å²) in [6, 6.07) is 0. The molecule has 0 N–H and O–H groups in total. The SMILES string of the molecule is COC(=O)/C=C(/CCC(=O)OC)[Si](C)(C)C. The van der Waals surface area contributed by atoms with Crippen molar-refractivity contribution < 1.29 is 19.1 Å². The second-order valence-corrected chi connectivity index (χ2v) is 9.66. The smallest absolute Gasteiger partial charge is 0.330 e. The lowest BCUT2D eigenvalue weighted by molar-refractivity contribution is -0.140. The lowest BCUT2D eigenvalue weighted by Gasteiger charge is -2.20. The molecule has 0 aliphatic rings. The van der Waals surface area contributed by atoms with E-state index in [9.17, 15) is 9.59 Å². The third kappa shape index (κ3) is 5.70. The molecule has 0 saturated carbocycles. The second kappa shape index (κ2) is 6.47. The van der Waals surface area contributed by atoms with Crippen LogP contribution in [0.2, 0.25) is 19.6 Å². The van der Waals surface area contributed by atoms with Crippen LogP contribution in [0.5, 0.6) is 0 Å². The maximum absolute atomic E-state index is 11.2. The minimum atomic E-state index is -1.59. The first kappa shape index (κ1) is 14.9. The summed E-state index contributed by atoms with van der Waals surface area (Å²) >= 11 is 0. The van der Waals surface area contributed by atoms with Crippen molar-refractivity contribution in [3.05, 3.63) is 11.3 Å². The van der Waals surface area contributed by atoms with Crippen molar-refractivity contribution in [3.8, 4) is 0 Å². The molecule has 5 heteroatoms. The highest BCUT2D eigenvalue weighted by molar-refractivity contribution is 6.83. The molecule has 0 bridgehead atoms. The lowest BCUT2D eigenvalue weighted by Crippen LogP contribution is -2.25. The van der Waals surface area contributed by atoms with Gasteiger partial charge in [0.2, 0.25) is 0 Å². The largest absolute Gasteiger partial charge is 0.469 e. The van der Waals surface area contributed by atoms with Gasteiger partial charge in [0.1, 0.15) is 0 Å². The average Bonchev–Trinajstić information content (AvgIpc) is 2.21. The van der Waals surface area contributed by atoms with Crippen LogP contribution in [0.4, 0.5) is 0 Å². The normalized spacial score (nSPS) is 12.2. The Labute approximate surface area is 97.6 Å². The number of hydrogen-bond donors (Lipinski definition) is 0. The van der Waals surface area contributed by atoms with Crippen molar-refractivity contribution in [1.29, 1.82) is 0 Å². The van der Waals surface area contributed by atoms with E-state index in [1.54, 1.807) is 0 Å². The molecular formula is C11H20O4Si. The number of ether oxygens (including phenoxy) is 2. The zero-order valence-corrected chi connectivity index (χ0v) is 11.6. The van der Waals surface area contributed by atoms with Gasteiger partial charge in [-0.25, -0.2) is 4.79 Å². The van der Waals surface area contributed by atoms with Crippen LogP contribution in [0.3, 0.4) is 0 Å². The van der Waals surface area contributed by atoms with E-state index in [-0.39, 0.29) is 11.9 Å². The fourth-order valence-corrected chi connectivity index (χ4v) is 2.63. The molecular weight excluding hydrogens is 224 g/mol. The molecule has 0 aliphatic carbocycles. The quantitative estimate of drug-likeness (QED) is 0.421. The fourth-order valence-electron chi connectivity index (χ4n) is 1.20. The highest BCUT2D eigenvalue weighted by atomic mass is 28.3. The minimum absolute atomic E-state index is 0.256. The highest BCUT2D eigenvalue weighted by Crippen LogP contribution is 2.20. The van der Waals surface area contributed by atoms with Crippen molar-refractivity contribution in [2.45, 2.75) is 32.5 Å². The van der Waals surface area contributed by atoms with Gasteiger partial charge in [-0.05, 0) is 6.42 Å². The summed E-state index contributed by atoms with van der Waals surface area (Å²) in [5.41, 5.74) is 0. The average molecular weight is 244 g/mol. The first-order valence-corrected chi connectivity index (χ1v) is 8.67. The van der Waals surface area contributed by atoms with E-state index < -0.39 is 8.07 Å². The van der Waals surface area contributed by atoms with Gasteiger partial charge >= 0.3 is 11.9 Å². The van der Waals surface area contributed by atoms with E-state index in [1.807, 2.05) is 0 Å². The summed E-state index contributed by atoms with van der Waals surface area (Å²) < 4.78 is 9.18. The van der Waals surface area contributed by atoms with Crippen LogP contribution < -0.4 is 0 Å². The van der Waals surface area contributed by atoms with Crippen LogP contribution in [0.25, 0.3) is 0 Å². The van der Waals surface area contributed by atoms with Crippen molar-refractivity contribution in [2.75, 3.05) is 14.2 Å². The molecule has 0 aromatic heterocycles. The minimum Gasteiger partial charge on any atom is -0.469 e. The fraction of sp³-hybridized carbons (Fsp3) is 0.636. The summed E-state index contributed by atoms with van der Waals surface area (Å²) in [4.78, 5) is 22.2. The van der Waals surface area contributed by atoms with Crippen LogP contribution in [-0.2, 0) is 19.1 Å². The Morgan fingerprint density at radius 1 is 1.06 bits per heavy atom. The summed E-state index contributed by atoms with van der Waals surface area (Å²) in [6.07, 6.45) is 2.39. The molecule has 0 aromatic rings. The van der Waals surface area contributed by atoms with Gasteiger partial charge in [-0.3, -0.25) is 4.79 Å². The Morgan fingerprint density at radius 3 is 2.00 bits per heavy atom. The molecule has 0 aliphatic heterocycles. The molecule has 0 rings (SSSR count). The third-order valence-electron chi connectivity index (χ3n) is 2.28. The van der Waals surface area contributed by atoms with Crippen LogP contribution in [0, 0.1) is 0 Å². The van der Waals surface area contributed by atoms with Crippen LogP contribution >= 0.6 is 0 Å². The van der Waals surface area contributed by atoms with Gasteiger partial charge in [-0.1, -0.05) is 24.8 Å². The van der Waals surface area contributed by atoms with E-state index >= 15 is 0 Å². The molecule has 0 heterocycles. The number of rotatable bonds is 5. The third-order valence-corrected chi connectivity index (χ3v) is 4.60. The Balaban J connectivity index is 4.64. The summed E-state index contributed by atoms with van der Waals surface area (Å²) in [5, 5.41) is 1.02. The van der Waals surface area contributed by atoms with Crippen LogP contribution in [0.1, 0.15) is 12.8 Å². The molecule has 0 spiro atoms.